The summed E-state index contributed by atoms with van der Waals surface area (Å²) in [5, 5.41) is 8.98. The smallest absolute Gasteiger partial charge is 0.341 e. The van der Waals surface area contributed by atoms with E-state index in [4.69, 9.17) is 9.84 Å². The van der Waals surface area contributed by atoms with Crippen LogP contribution < -0.4 is 4.74 Å². The van der Waals surface area contributed by atoms with Crippen molar-refractivity contribution in [2.24, 2.45) is 0 Å². The van der Waals surface area contributed by atoms with E-state index in [0.717, 1.165) is 5.56 Å². The van der Waals surface area contributed by atoms with Crippen molar-refractivity contribution >= 4 is 5.97 Å². The molecule has 0 amide bonds. The van der Waals surface area contributed by atoms with E-state index in [0.29, 0.717) is 5.75 Å². The Morgan fingerprint density at radius 3 is 2.82 bits per heavy atom. The van der Waals surface area contributed by atoms with Gasteiger partial charge in [0, 0.05) is 6.20 Å². The predicted octanol–water partition coefficient (Wildman–Crippen LogP) is 2.88. The standard InChI is InChI=1S/C13H11NO3/c1-9-4-2-5-10(8-9)17-12-11(13(15)16)6-3-7-14-12/h2-8H,1H3,(H,15,16). The van der Waals surface area contributed by atoms with Crippen LogP contribution in [0.5, 0.6) is 11.6 Å². The highest BCUT2D eigenvalue weighted by Gasteiger charge is 2.12. The van der Waals surface area contributed by atoms with Crippen molar-refractivity contribution in [2.75, 3.05) is 0 Å². The SMILES string of the molecule is Cc1cccc(Oc2ncccc2C(=O)O)c1. The number of ether oxygens (including phenoxy) is 1. The number of nitrogens with zero attached hydrogens (tertiary/aromatic N) is 1. The number of hydrogen-bond donors (Lipinski definition) is 1. The number of rotatable bonds is 3. The molecule has 0 atom stereocenters. The Kier molecular flexibility index (Phi) is 3.05. The molecule has 0 radical (unpaired) electrons. The molecule has 0 spiro atoms. The van der Waals surface area contributed by atoms with Crippen LogP contribution in [-0.2, 0) is 0 Å². The third-order valence-electron chi connectivity index (χ3n) is 2.21. The molecule has 1 aromatic carbocycles. The molecule has 0 saturated carbocycles. The first-order chi connectivity index (χ1) is 8.16. The summed E-state index contributed by atoms with van der Waals surface area (Å²) in [6.45, 7) is 1.93. The molecule has 2 rings (SSSR count). The molecule has 0 aliphatic heterocycles. The molecule has 0 bridgehead atoms. The minimum absolute atomic E-state index is 0.0500. The van der Waals surface area contributed by atoms with E-state index in [1.165, 1.54) is 12.3 Å². The zero-order chi connectivity index (χ0) is 12.3. The largest absolute Gasteiger partial charge is 0.477 e. The van der Waals surface area contributed by atoms with Crippen LogP contribution in [0.25, 0.3) is 0 Å². The van der Waals surface area contributed by atoms with Gasteiger partial charge in [0.15, 0.2) is 0 Å². The lowest BCUT2D eigenvalue weighted by Crippen LogP contribution is -2.01. The second kappa shape index (κ2) is 4.65. The maximum atomic E-state index is 11.0. The highest BCUT2D eigenvalue weighted by Crippen LogP contribution is 2.23. The van der Waals surface area contributed by atoms with Gasteiger partial charge < -0.3 is 9.84 Å². The number of aromatic nitrogens is 1. The van der Waals surface area contributed by atoms with Gasteiger partial charge in [-0.15, -0.1) is 0 Å². The van der Waals surface area contributed by atoms with Crippen molar-refractivity contribution in [3.63, 3.8) is 0 Å². The van der Waals surface area contributed by atoms with Crippen molar-refractivity contribution < 1.29 is 14.6 Å². The molecule has 0 unspecified atom stereocenters. The maximum Gasteiger partial charge on any atom is 0.341 e. The van der Waals surface area contributed by atoms with Gasteiger partial charge in [-0.1, -0.05) is 12.1 Å². The Labute approximate surface area is 98.5 Å². The van der Waals surface area contributed by atoms with Crippen molar-refractivity contribution in [2.45, 2.75) is 6.92 Å². The number of carboxylic acid groups (broad SMARTS) is 1. The van der Waals surface area contributed by atoms with Crippen molar-refractivity contribution in [1.29, 1.82) is 0 Å². The van der Waals surface area contributed by atoms with E-state index >= 15 is 0 Å². The van der Waals surface area contributed by atoms with Gasteiger partial charge in [-0.05, 0) is 36.8 Å². The number of pyridine rings is 1. The quantitative estimate of drug-likeness (QED) is 0.879. The molecule has 0 saturated heterocycles. The van der Waals surface area contributed by atoms with Gasteiger partial charge in [0.05, 0.1) is 0 Å². The Bertz CT molecular complexity index is 552. The van der Waals surface area contributed by atoms with Gasteiger partial charge in [0.25, 0.3) is 0 Å². The van der Waals surface area contributed by atoms with Crippen LogP contribution in [0, 0.1) is 6.92 Å². The van der Waals surface area contributed by atoms with Crippen molar-refractivity contribution in [1.82, 2.24) is 4.98 Å². The Hall–Kier alpha value is -2.36. The summed E-state index contributed by atoms with van der Waals surface area (Å²) in [4.78, 5) is 14.9. The van der Waals surface area contributed by atoms with Crippen LogP contribution in [0.3, 0.4) is 0 Å². The number of carboxylic acids is 1. The highest BCUT2D eigenvalue weighted by molar-refractivity contribution is 5.90. The molecular weight excluding hydrogens is 218 g/mol. The number of aryl methyl sites for hydroxylation is 1. The van der Waals surface area contributed by atoms with Gasteiger partial charge in [-0.2, -0.15) is 0 Å². The fourth-order valence-corrected chi connectivity index (χ4v) is 1.43. The van der Waals surface area contributed by atoms with Gasteiger partial charge >= 0.3 is 5.97 Å². The molecule has 0 aliphatic rings. The van der Waals surface area contributed by atoms with E-state index in [1.54, 1.807) is 12.1 Å². The number of hydrogen-bond acceptors (Lipinski definition) is 3. The summed E-state index contributed by atoms with van der Waals surface area (Å²) in [6.07, 6.45) is 1.50. The van der Waals surface area contributed by atoms with Crippen LogP contribution in [-0.4, -0.2) is 16.1 Å². The van der Waals surface area contributed by atoms with Crippen LogP contribution in [0.4, 0.5) is 0 Å². The molecule has 17 heavy (non-hydrogen) atoms. The van der Waals surface area contributed by atoms with Crippen molar-refractivity contribution in [3.05, 3.63) is 53.7 Å². The van der Waals surface area contributed by atoms with Gasteiger partial charge in [-0.25, -0.2) is 9.78 Å². The average molecular weight is 229 g/mol. The zero-order valence-electron chi connectivity index (χ0n) is 9.25. The van der Waals surface area contributed by atoms with Crippen LogP contribution in [0.1, 0.15) is 15.9 Å². The average Bonchev–Trinajstić information content (AvgIpc) is 2.29. The lowest BCUT2D eigenvalue weighted by molar-refractivity contribution is 0.0693. The highest BCUT2D eigenvalue weighted by atomic mass is 16.5. The fraction of sp³-hybridized carbons (Fsp3) is 0.0769. The fourth-order valence-electron chi connectivity index (χ4n) is 1.43. The van der Waals surface area contributed by atoms with Gasteiger partial charge in [0.1, 0.15) is 11.3 Å². The summed E-state index contributed by atoms with van der Waals surface area (Å²) in [7, 11) is 0. The van der Waals surface area contributed by atoms with E-state index in [1.807, 2.05) is 25.1 Å². The van der Waals surface area contributed by atoms with Crippen LogP contribution in [0.2, 0.25) is 0 Å². The van der Waals surface area contributed by atoms with Crippen molar-refractivity contribution in [3.8, 4) is 11.6 Å². The Morgan fingerprint density at radius 2 is 2.12 bits per heavy atom. The summed E-state index contributed by atoms with van der Waals surface area (Å²) < 4.78 is 5.46. The molecule has 0 aliphatic carbocycles. The third-order valence-corrected chi connectivity index (χ3v) is 2.21. The van der Waals surface area contributed by atoms with E-state index < -0.39 is 5.97 Å². The minimum atomic E-state index is -1.05. The van der Waals surface area contributed by atoms with Gasteiger partial charge in [-0.3, -0.25) is 0 Å². The number of benzene rings is 1. The Balaban J connectivity index is 2.33. The molecule has 2 aromatic rings. The van der Waals surface area contributed by atoms with Crippen LogP contribution >= 0.6 is 0 Å². The summed E-state index contributed by atoms with van der Waals surface area (Å²) >= 11 is 0. The number of carbonyl (C=O) groups is 1. The predicted molar refractivity (Wildman–Crippen MR) is 62.4 cm³/mol. The summed E-state index contributed by atoms with van der Waals surface area (Å²) in [6, 6.07) is 10.4. The molecule has 86 valence electrons. The molecule has 1 aromatic heterocycles. The topological polar surface area (TPSA) is 59.4 Å². The third kappa shape index (κ3) is 2.60. The Morgan fingerprint density at radius 1 is 1.29 bits per heavy atom. The second-order valence-electron chi connectivity index (χ2n) is 3.58. The summed E-state index contributed by atoms with van der Waals surface area (Å²) in [5.74, 6) is -0.377. The number of aromatic carboxylic acids is 1. The van der Waals surface area contributed by atoms with Crippen LogP contribution in [0.15, 0.2) is 42.6 Å². The summed E-state index contributed by atoms with van der Waals surface area (Å²) in [5.41, 5.74) is 1.09. The lowest BCUT2D eigenvalue weighted by Gasteiger charge is -2.07. The monoisotopic (exact) mass is 229 g/mol. The normalized spacial score (nSPS) is 9.94. The minimum Gasteiger partial charge on any atom is -0.477 e. The van der Waals surface area contributed by atoms with E-state index in [-0.39, 0.29) is 11.4 Å². The maximum absolute atomic E-state index is 11.0. The van der Waals surface area contributed by atoms with Gasteiger partial charge in [0.2, 0.25) is 5.88 Å². The first-order valence-corrected chi connectivity index (χ1v) is 5.09. The van der Waals surface area contributed by atoms with E-state index in [2.05, 4.69) is 4.98 Å². The van der Waals surface area contributed by atoms with E-state index in [9.17, 15) is 4.79 Å². The lowest BCUT2D eigenvalue weighted by atomic mass is 10.2. The first-order valence-electron chi connectivity index (χ1n) is 5.09. The zero-order valence-corrected chi connectivity index (χ0v) is 9.25. The first kappa shape index (κ1) is 11.1. The molecule has 1 heterocycles. The second-order valence-corrected chi connectivity index (χ2v) is 3.58. The molecular formula is C13H11NO3. The molecule has 4 heteroatoms. The molecule has 0 fully saturated rings. The molecule has 4 nitrogen and oxygen atoms in total. The molecule has 1 N–H and O–H groups in total.